The molecule has 1 aliphatic rings. The second-order valence-electron chi connectivity index (χ2n) is 6.14. The van der Waals surface area contributed by atoms with Gasteiger partial charge in [-0.05, 0) is 19.4 Å². The molecule has 146 valence electrons. The molecule has 1 fully saturated rings. The van der Waals surface area contributed by atoms with Crippen molar-refractivity contribution in [1.29, 1.82) is 0 Å². The number of carboxylic acids is 1. The van der Waals surface area contributed by atoms with Gasteiger partial charge in [0.2, 0.25) is 15.8 Å². The van der Waals surface area contributed by atoms with E-state index in [1.165, 1.54) is 13.2 Å². The molecule has 0 atom stereocenters. The first-order valence-electron chi connectivity index (χ1n) is 8.41. The summed E-state index contributed by atoms with van der Waals surface area (Å²) >= 11 is 0. The van der Waals surface area contributed by atoms with Gasteiger partial charge < -0.3 is 14.3 Å². The maximum absolute atomic E-state index is 12.6. The number of rotatable bonds is 9. The van der Waals surface area contributed by atoms with Crippen molar-refractivity contribution in [2.75, 3.05) is 20.2 Å². The number of carbonyl (C=O) groups is 2. The van der Waals surface area contributed by atoms with Crippen LogP contribution in [0.3, 0.4) is 0 Å². The predicted molar refractivity (Wildman–Crippen MR) is 91.4 cm³/mol. The van der Waals surface area contributed by atoms with Crippen molar-refractivity contribution in [1.82, 2.24) is 9.62 Å². The summed E-state index contributed by atoms with van der Waals surface area (Å²) in [6.07, 6.45) is 1.37. The van der Waals surface area contributed by atoms with E-state index in [9.17, 15) is 18.0 Å². The quantitative estimate of drug-likeness (QED) is 0.596. The molecular formula is C16H24N2O7S. The van der Waals surface area contributed by atoms with E-state index in [-0.39, 0.29) is 35.0 Å². The van der Waals surface area contributed by atoms with Crippen LogP contribution < -0.4 is 4.72 Å². The first-order valence-corrected chi connectivity index (χ1v) is 9.89. The van der Waals surface area contributed by atoms with Crippen LogP contribution in [0.4, 0.5) is 0 Å². The highest BCUT2D eigenvalue weighted by Crippen LogP contribution is 2.29. The van der Waals surface area contributed by atoms with E-state index in [1.807, 2.05) is 6.92 Å². The first kappa shape index (κ1) is 20.4. The second kappa shape index (κ2) is 8.19. The van der Waals surface area contributed by atoms with Crippen LogP contribution in [0, 0.1) is 0 Å². The molecule has 26 heavy (non-hydrogen) atoms. The molecular weight excluding hydrogens is 364 g/mol. The lowest BCUT2D eigenvalue weighted by atomic mass is 9.86. The van der Waals surface area contributed by atoms with Gasteiger partial charge in [0, 0.05) is 24.6 Å². The minimum Gasteiger partial charge on any atom is -0.480 e. The fourth-order valence-electron chi connectivity index (χ4n) is 3.02. The number of carbonyl (C=O) groups excluding carboxylic acids is 1. The second-order valence-corrected chi connectivity index (χ2v) is 7.83. The van der Waals surface area contributed by atoms with Crippen molar-refractivity contribution in [2.24, 2.45) is 0 Å². The Kier molecular flexibility index (Phi) is 6.43. The van der Waals surface area contributed by atoms with E-state index < -0.39 is 22.0 Å². The zero-order valence-electron chi connectivity index (χ0n) is 15.0. The van der Waals surface area contributed by atoms with Gasteiger partial charge in [-0.2, -0.15) is 0 Å². The molecule has 2 rings (SSSR count). The normalized spacial score (nSPS) is 20.0. The van der Waals surface area contributed by atoms with Crippen molar-refractivity contribution < 1.29 is 32.3 Å². The third-order valence-corrected chi connectivity index (χ3v) is 6.03. The molecule has 9 nitrogen and oxygen atoms in total. The number of methoxy groups -OCH3 is 1. The Hall–Kier alpha value is -1.91. The number of aryl methyl sites for hydroxylation is 1. The molecule has 0 radical (unpaired) electrons. The molecule has 0 unspecified atom stereocenters. The number of likely N-dealkylation sites (N-methyl/N-ethyl adjacent to an activating group) is 1. The van der Waals surface area contributed by atoms with Gasteiger partial charge in [-0.1, -0.05) is 13.8 Å². The summed E-state index contributed by atoms with van der Waals surface area (Å²) in [4.78, 5) is 24.2. The predicted octanol–water partition coefficient (Wildman–Crippen LogP) is 0.844. The Morgan fingerprint density at radius 2 is 2.04 bits per heavy atom. The van der Waals surface area contributed by atoms with E-state index in [4.69, 9.17) is 9.52 Å². The number of ether oxygens (including phenoxy) is 1. The molecule has 1 aromatic heterocycles. The summed E-state index contributed by atoms with van der Waals surface area (Å²) in [6.45, 7) is 4.11. The van der Waals surface area contributed by atoms with Gasteiger partial charge in [0.1, 0.15) is 10.7 Å². The van der Waals surface area contributed by atoms with Gasteiger partial charge in [-0.25, -0.2) is 17.9 Å². The molecule has 1 saturated carbocycles. The van der Waals surface area contributed by atoms with Gasteiger partial charge in [0.25, 0.3) is 0 Å². The van der Waals surface area contributed by atoms with E-state index in [2.05, 4.69) is 9.46 Å². The minimum atomic E-state index is -3.85. The lowest BCUT2D eigenvalue weighted by Gasteiger charge is -2.42. The summed E-state index contributed by atoms with van der Waals surface area (Å²) in [5.41, 5.74) is 0. The average Bonchev–Trinajstić information content (AvgIpc) is 3.00. The molecule has 0 spiro atoms. The van der Waals surface area contributed by atoms with Gasteiger partial charge in [0.05, 0.1) is 13.7 Å². The monoisotopic (exact) mass is 388 g/mol. The van der Waals surface area contributed by atoms with Crippen molar-refractivity contribution in [2.45, 2.75) is 50.1 Å². The van der Waals surface area contributed by atoms with Crippen LogP contribution in [-0.4, -0.2) is 62.6 Å². The molecule has 2 N–H and O–H groups in total. The van der Waals surface area contributed by atoms with E-state index >= 15 is 0 Å². The lowest BCUT2D eigenvalue weighted by Crippen LogP contribution is -2.54. The number of hydrogen-bond acceptors (Lipinski definition) is 7. The maximum Gasteiger partial charge on any atom is 0.373 e. The molecule has 0 bridgehead atoms. The molecule has 0 aliphatic heterocycles. The fraction of sp³-hybridized carbons (Fsp3) is 0.625. The van der Waals surface area contributed by atoms with E-state index in [0.717, 1.165) is 0 Å². The zero-order chi connectivity index (χ0) is 19.5. The molecule has 1 aliphatic carbocycles. The summed E-state index contributed by atoms with van der Waals surface area (Å²) in [5, 5.41) is 8.91. The van der Waals surface area contributed by atoms with Crippen LogP contribution in [0.1, 0.15) is 43.0 Å². The van der Waals surface area contributed by atoms with Gasteiger partial charge >= 0.3 is 11.9 Å². The zero-order valence-corrected chi connectivity index (χ0v) is 15.8. The summed E-state index contributed by atoms with van der Waals surface area (Å²) in [5.74, 6) is -1.61. The number of hydrogen-bond donors (Lipinski definition) is 2. The Labute approximate surface area is 152 Å². The lowest BCUT2D eigenvalue weighted by molar-refractivity contribution is -0.139. The summed E-state index contributed by atoms with van der Waals surface area (Å²) in [6, 6.07) is 0.921. The third kappa shape index (κ3) is 4.43. The Morgan fingerprint density at radius 3 is 2.54 bits per heavy atom. The van der Waals surface area contributed by atoms with Crippen LogP contribution in [0.15, 0.2) is 15.4 Å². The molecule has 0 aromatic carbocycles. The molecule has 0 saturated heterocycles. The summed E-state index contributed by atoms with van der Waals surface area (Å²) in [7, 11) is -2.66. The van der Waals surface area contributed by atoms with Crippen LogP contribution in [-0.2, 0) is 26.0 Å². The molecule has 10 heteroatoms. The highest BCUT2D eigenvalue weighted by molar-refractivity contribution is 7.89. The minimum absolute atomic E-state index is 0.0319. The number of carboxylic acid groups (broad SMARTS) is 1. The van der Waals surface area contributed by atoms with E-state index in [0.29, 0.717) is 25.8 Å². The van der Waals surface area contributed by atoms with Crippen molar-refractivity contribution in [3.05, 3.63) is 17.6 Å². The van der Waals surface area contributed by atoms with Crippen molar-refractivity contribution >= 4 is 22.0 Å². The summed E-state index contributed by atoms with van der Waals surface area (Å²) < 4.78 is 37.7. The number of sulfonamides is 1. The van der Waals surface area contributed by atoms with Crippen molar-refractivity contribution in [3.63, 3.8) is 0 Å². The van der Waals surface area contributed by atoms with Gasteiger partial charge in [0.15, 0.2) is 0 Å². The number of nitrogens with one attached hydrogen (secondary N) is 1. The Morgan fingerprint density at radius 1 is 1.38 bits per heavy atom. The van der Waals surface area contributed by atoms with E-state index in [1.54, 1.807) is 11.8 Å². The Bertz CT molecular complexity index is 766. The van der Waals surface area contributed by atoms with Crippen LogP contribution in [0.2, 0.25) is 0 Å². The molecule has 1 heterocycles. The number of aliphatic carboxylic acids is 1. The highest BCUT2D eigenvalue weighted by atomic mass is 32.2. The third-order valence-electron chi connectivity index (χ3n) is 4.46. The van der Waals surface area contributed by atoms with Gasteiger partial charge in [-0.15, -0.1) is 0 Å². The number of furan rings is 1. The number of esters is 1. The Balaban J connectivity index is 2.05. The number of nitrogens with zero attached hydrogens (tertiary/aromatic N) is 1. The largest absolute Gasteiger partial charge is 0.480 e. The van der Waals surface area contributed by atoms with Crippen molar-refractivity contribution in [3.8, 4) is 0 Å². The highest BCUT2D eigenvalue weighted by Gasteiger charge is 2.37. The SMILES string of the molecule is CCc1oc(C(=O)OC)cc1S(=O)(=O)NC1CC(N(CC)CC(=O)O)C1. The van der Waals surface area contributed by atoms with Crippen LogP contribution >= 0.6 is 0 Å². The molecule has 1 aromatic rings. The molecule has 0 amide bonds. The fourth-order valence-corrected chi connectivity index (χ4v) is 4.53. The van der Waals surface area contributed by atoms with Gasteiger partial charge in [-0.3, -0.25) is 9.69 Å². The average molecular weight is 388 g/mol. The standard InChI is InChI=1S/C16H24N2O7S/c1-4-12-14(8-13(25-12)16(21)24-3)26(22,23)17-10-6-11(7-10)18(5-2)9-15(19)20/h8,10-11,17H,4-7,9H2,1-3H3,(H,19,20). The van der Waals surface area contributed by atoms with Crippen LogP contribution in [0.5, 0.6) is 0 Å². The maximum atomic E-state index is 12.6. The van der Waals surface area contributed by atoms with Crippen LogP contribution in [0.25, 0.3) is 0 Å². The first-order chi connectivity index (χ1) is 12.2. The smallest absolute Gasteiger partial charge is 0.373 e. The topological polar surface area (TPSA) is 126 Å².